The molecule has 0 aliphatic heterocycles. The van der Waals surface area contributed by atoms with Crippen LogP contribution in [0.2, 0.25) is 0 Å². The van der Waals surface area contributed by atoms with E-state index in [-0.39, 0.29) is 11.9 Å². The zero-order valence-electron chi connectivity index (χ0n) is 10.8. The second-order valence-corrected chi connectivity index (χ2v) is 6.49. The lowest BCUT2D eigenvalue weighted by atomic mass is 10.1. The summed E-state index contributed by atoms with van der Waals surface area (Å²) in [7, 11) is 0. The molecule has 0 rings (SSSR count). The number of carboxylic acids is 1. The number of amides is 1. The van der Waals surface area contributed by atoms with E-state index in [1.165, 1.54) is 11.8 Å². The molecular weight excluding hydrogens is 240 g/mol. The molecule has 0 saturated carbocycles. The van der Waals surface area contributed by atoms with Gasteiger partial charge < -0.3 is 16.2 Å². The first kappa shape index (κ1) is 16.2. The number of rotatable bonds is 7. The molecule has 0 spiro atoms. The Hall–Kier alpha value is -0.750. The van der Waals surface area contributed by atoms with Gasteiger partial charge in [-0.05, 0) is 27.7 Å². The number of hydrogen-bond donors (Lipinski definition) is 3. The molecule has 0 unspecified atom stereocenters. The molecule has 17 heavy (non-hydrogen) atoms. The molecule has 0 aliphatic rings. The quantitative estimate of drug-likeness (QED) is 0.632. The number of aliphatic carboxylic acids is 1. The van der Waals surface area contributed by atoms with Crippen LogP contribution in [0.15, 0.2) is 0 Å². The summed E-state index contributed by atoms with van der Waals surface area (Å²) in [5.74, 6) is -0.478. The third kappa shape index (κ3) is 6.53. The molecular formula is C11H22N2O3S. The number of carbonyl (C=O) groups is 2. The summed E-state index contributed by atoms with van der Waals surface area (Å²) in [6, 6.07) is -0.803. The van der Waals surface area contributed by atoms with Crippen LogP contribution in [0.1, 0.15) is 34.1 Å². The van der Waals surface area contributed by atoms with Crippen molar-refractivity contribution in [2.24, 2.45) is 5.73 Å². The average Bonchev–Trinajstić information content (AvgIpc) is 2.14. The first-order chi connectivity index (χ1) is 7.66. The highest BCUT2D eigenvalue weighted by molar-refractivity contribution is 8.00. The Labute approximate surface area is 107 Å². The lowest BCUT2D eigenvalue weighted by molar-refractivity contribution is -0.139. The van der Waals surface area contributed by atoms with Gasteiger partial charge in [-0.1, -0.05) is 0 Å². The van der Waals surface area contributed by atoms with E-state index in [0.29, 0.717) is 12.2 Å². The molecule has 6 heteroatoms. The molecule has 100 valence electrons. The first-order valence-corrected chi connectivity index (χ1v) is 6.57. The van der Waals surface area contributed by atoms with Crippen LogP contribution in [0.25, 0.3) is 0 Å². The summed E-state index contributed by atoms with van der Waals surface area (Å²) < 4.78 is -0.579. The van der Waals surface area contributed by atoms with Crippen molar-refractivity contribution in [3.63, 3.8) is 0 Å². The van der Waals surface area contributed by atoms with E-state index in [4.69, 9.17) is 10.8 Å². The highest BCUT2D eigenvalue weighted by atomic mass is 32.2. The van der Waals surface area contributed by atoms with E-state index >= 15 is 0 Å². The van der Waals surface area contributed by atoms with Crippen LogP contribution < -0.4 is 11.1 Å². The molecule has 0 bridgehead atoms. The number of carbonyl (C=O) groups excluding carboxylic acids is 1. The van der Waals surface area contributed by atoms with Gasteiger partial charge in [0, 0.05) is 23.0 Å². The Bertz CT molecular complexity index is 280. The molecule has 0 radical (unpaired) electrons. The molecule has 0 aliphatic carbocycles. The fraction of sp³-hybridized carbons (Fsp3) is 0.818. The van der Waals surface area contributed by atoms with Crippen LogP contribution in [-0.4, -0.2) is 39.6 Å². The van der Waals surface area contributed by atoms with Crippen molar-refractivity contribution in [2.45, 2.75) is 50.9 Å². The molecule has 5 nitrogen and oxygen atoms in total. The molecule has 0 aromatic rings. The number of carboxylic acid groups (broad SMARTS) is 1. The van der Waals surface area contributed by atoms with Crippen molar-refractivity contribution in [2.75, 3.05) is 5.75 Å². The van der Waals surface area contributed by atoms with Crippen molar-refractivity contribution in [3.8, 4) is 0 Å². The van der Waals surface area contributed by atoms with E-state index in [2.05, 4.69) is 5.32 Å². The SMILES string of the molecule is CC(C)NC(=O)CCSC(C)(C)[C@H](N)C(=O)O. The Morgan fingerprint density at radius 3 is 2.35 bits per heavy atom. The minimum Gasteiger partial charge on any atom is -0.480 e. The summed E-state index contributed by atoms with van der Waals surface area (Å²) in [4.78, 5) is 22.1. The van der Waals surface area contributed by atoms with Gasteiger partial charge in [0.25, 0.3) is 0 Å². The summed E-state index contributed by atoms with van der Waals surface area (Å²) in [5, 5.41) is 11.6. The van der Waals surface area contributed by atoms with Crippen LogP contribution in [0, 0.1) is 0 Å². The van der Waals surface area contributed by atoms with E-state index in [1.54, 1.807) is 13.8 Å². The number of thioether (sulfide) groups is 1. The molecule has 0 aromatic carbocycles. The minimum atomic E-state index is -1.02. The van der Waals surface area contributed by atoms with Crippen LogP contribution >= 0.6 is 11.8 Å². The van der Waals surface area contributed by atoms with Gasteiger partial charge in [-0.15, -0.1) is 0 Å². The largest absolute Gasteiger partial charge is 0.480 e. The van der Waals surface area contributed by atoms with E-state index in [1.807, 2.05) is 13.8 Å². The lowest BCUT2D eigenvalue weighted by Gasteiger charge is -2.27. The van der Waals surface area contributed by atoms with Crippen molar-refractivity contribution < 1.29 is 14.7 Å². The maximum absolute atomic E-state index is 11.4. The summed E-state index contributed by atoms with van der Waals surface area (Å²) in [5.41, 5.74) is 5.57. The fourth-order valence-electron chi connectivity index (χ4n) is 1.19. The van der Waals surface area contributed by atoms with Gasteiger partial charge in [-0.25, -0.2) is 0 Å². The van der Waals surface area contributed by atoms with E-state index in [0.717, 1.165) is 0 Å². The molecule has 0 saturated heterocycles. The normalized spacial score (nSPS) is 13.5. The maximum atomic E-state index is 11.4. The summed E-state index contributed by atoms with van der Waals surface area (Å²) in [6.07, 6.45) is 0.374. The second-order valence-electron chi connectivity index (χ2n) is 4.74. The van der Waals surface area contributed by atoms with Crippen LogP contribution in [0.3, 0.4) is 0 Å². The fourth-order valence-corrected chi connectivity index (χ4v) is 2.28. The van der Waals surface area contributed by atoms with E-state index in [9.17, 15) is 9.59 Å². The van der Waals surface area contributed by atoms with Gasteiger partial charge in [-0.2, -0.15) is 11.8 Å². The van der Waals surface area contributed by atoms with Crippen molar-refractivity contribution in [1.29, 1.82) is 0 Å². The Morgan fingerprint density at radius 2 is 1.94 bits per heavy atom. The highest BCUT2D eigenvalue weighted by Gasteiger charge is 2.32. The minimum absolute atomic E-state index is 0.0211. The second kappa shape index (κ2) is 6.86. The maximum Gasteiger partial charge on any atom is 0.321 e. The predicted molar refractivity (Wildman–Crippen MR) is 70.0 cm³/mol. The van der Waals surface area contributed by atoms with Gasteiger partial charge in [0.2, 0.25) is 5.91 Å². The van der Waals surface area contributed by atoms with Gasteiger partial charge >= 0.3 is 5.97 Å². The average molecular weight is 262 g/mol. The molecule has 4 N–H and O–H groups in total. The molecule has 0 aromatic heterocycles. The summed E-state index contributed by atoms with van der Waals surface area (Å²) in [6.45, 7) is 7.35. The van der Waals surface area contributed by atoms with Crippen molar-refractivity contribution >= 4 is 23.6 Å². The van der Waals surface area contributed by atoms with Gasteiger partial charge in [0.15, 0.2) is 0 Å². The van der Waals surface area contributed by atoms with Crippen LogP contribution in [-0.2, 0) is 9.59 Å². The monoisotopic (exact) mass is 262 g/mol. The third-order valence-electron chi connectivity index (χ3n) is 2.27. The topological polar surface area (TPSA) is 92.4 Å². The lowest BCUT2D eigenvalue weighted by Crippen LogP contribution is -2.47. The van der Waals surface area contributed by atoms with Gasteiger partial charge in [-0.3, -0.25) is 9.59 Å². The predicted octanol–water partition coefficient (Wildman–Crippen LogP) is 0.825. The number of nitrogens with two attached hydrogens (primary N) is 1. The smallest absolute Gasteiger partial charge is 0.321 e. The first-order valence-electron chi connectivity index (χ1n) is 5.58. The summed E-state index contributed by atoms with van der Waals surface area (Å²) >= 11 is 1.40. The van der Waals surface area contributed by atoms with Crippen LogP contribution in [0.4, 0.5) is 0 Å². The number of nitrogens with one attached hydrogen (secondary N) is 1. The third-order valence-corrected chi connectivity index (χ3v) is 3.67. The van der Waals surface area contributed by atoms with Gasteiger partial charge in [0.05, 0.1) is 0 Å². The Kier molecular flexibility index (Phi) is 6.56. The molecule has 1 atom stereocenters. The van der Waals surface area contributed by atoms with Crippen molar-refractivity contribution in [1.82, 2.24) is 5.32 Å². The van der Waals surface area contributed by atoms with Crippen molar-refractivity contribution in [3.05, 3.63) is 0 Å². The zero-order chi connectivity index (χ0) is 13.6. The molecule has 1 amide bonds. The Balaban J connectivity index is 4.03. The van der Waals surface area contributed by atoms with Gasteiger partial charge in [0.1, 0.15) is 6.04 Å². The number of hydrogen-bond acceptors (Lipinski definition) is 4. The Morgan fingerprint density at radius 1 is 1.41 bits per heavy atom. The zero-order valence-corrected chi connectivity index (χ0v) is 11.6. The highest BCUT2D eigenvalue weighted by Crippen LogP contribution is 2.27. The molecule has 0 fully saturated rings. The van der Waals surface area contributed by atoms with Crippen LogP contribution in [0.5, 0.6) is 0 Å². The standard InChI is InChI=1S/C11H22N2O3S/c1-7(2)13-8(14)5-6-17-11(3,4)9(12)10(15)16/h7,9H,5-6,12H2,1-4H3,(H,13,14)(H,15,16)/t9-/m1/s1. The molecule has 0 heterocycles. The van der Waals surface area contributed by atoms with E-state index < -0.39 is 16.8 Å².